The van der Waals surface area contributed by atoms with Crippen LogP contribution in [0.25, 0.3) is 0 Å². The number of rotatable bonds is 5. The van der Waals surface area contributed by atoms with E-state index in [1.54, 1.807) is 7.05 Å². The summed E-state index contributed by atoms with van der Waals surface area (Å²) >= 11 is 0. The molecule has 3 amide bonds. The van der Waals surface area contributed by atoms with Gasteiger partial charge in [-0.25, -0.2) is 0 Å². The van der Waals surface area contributed by atoms with Crippen LogP contribution in [0.15, 0.2) is 30.3 Å². The lowest BCUT2D eigenvalue weighted by atomic mass is 10.0. The summed E-state index contributed by atoms with van der Waals surface area (Å²) in [5.74, 6) is -0.688. The number of benzene rings is 1. The van der Waals surface area contributed by atoms with Crippen molar-refractivity contribution in [2.75, 3.05) is 14.1 Å². The van der Waals surface area contributed by atoms with Crippen LogP contribution in [0.2, 0.25) is 0 Å². The summed E-state index contributed by atoms with van der Waals surface area (Å²) in [5.41, 5.74) is 3.33. The highest BCUT2D eigenvalue weighted by Gasteiger charge is 2.26. The molecule has 0 heterocycles. The van der Waals surface area contributed by atoms with Gasteiger partial charge in [-0.2, -0.15) is 0 Å². The van der Waals surface area contributed by atoms with E-state index in [2.05, 4.69) is 5.43 Å². The molecule has 0 unspecified atom stereocenters. The van der Waals surface area contributed by atoms with Crippen molar-refractivity contribution in [2.24, 2.45) is 0 Å². The monoisotopic (exact) mass is 277 g/mol. The zero-order valence-corrected chi connectivity index (χ0v) is 11.9. The smallest absolute Gasteiger partial charge is 0.263 e. The van der Waals surface area contributed by atoms with Gasteiger partial charge in [0, 0.05) is 27.4 Å². The Labute approximate surface area is 118 Å². The second-order valence-corrected chi connectivity index (χ2v) is 4.54. The second kappa shape index (κ2) is 7.28. The fourth-order valence-corrected chi connectivity index (χ4v) is 1.83. The van der Waals surface area contributed by atoms with Crippen molar-refractivity contribution in [3.63, 3.8) is 0 Å². The van der Waals surface area contributed by atoms with E-state index in [4.69, 9.17) is 0 Å². The lowest BCUT2D eigenvalue weighted by Crippen LogP contribution is -2.52. The molecule has 1 atom stereocenters. The minimum Gasteiger partial charge on any atom is -0.336 e. The first-order chi connectivity index (χ1) is 9.45. The van der Waals surface area contributed by atoms with Crippen LogP contribution in [0.5, 0.6) is 0 Å². The van der Waals surface area contributed by atoms with Crippen LogP contribution in [0.4, 0.5) is 0 Å². The van der Waals surface area contributed by atoms with Gasteiger partial charge in [0.1, 0.15) is 6.04 Å². The van der Waals surface area contributed by atoms with E-state index in [1.807, 2.05) is 30.3 Å². The molecule has 0 saturated carbocycles. The molecule has 1 rings (SSSR count). The fraction of sp³-hybridized carbons (Fsp3) is 0.357. The second-order valence-electron chi connectivity index (χ2n) is 4.54. The molecule has 0 aliphatic carbocycles. The molecule has 108 valence electrons. The topological polar surface area (TPSA) is 69.7 Å². The molecule has 0 saturated heterocycles. The Kier molecular flexibility index (Phi) is 5.71. The van der Waals surface area contributed by atoms with Crippen LogP contribution in [0, 0.1) is 0 Å². The molecule has 1 aromatic carbocycles. The molecule has 1 aromatic rings. The fourth-order valence-electron chi connectivity index (χ4n) is 1.83. The van der Waals surface area contributed by atoms with E-state index < -0.39 is 6.04 Å². The van der Waals surface area contributed by atoms with Crippen LogP contribution < -0.4 is 5.43 Å². The Morgan fingerprint density at radius 1 is 1.25 bits per heavy atom. The van der Waals surface area contributed by atoms with Gasteiger partial charge in [-0.05, 0) is 5.56 Å². The van der Waals surface area contributed by atoms with Gasteiger partial charge in [0.2, 0.25) is 12.3 Å². The predicted molar refractivity (Wildman–Crippen MR) is 74.3 cm³/mol. The average molecular weight is 277 g/mol. The van der Waals surface area contributed by atoms with Crippen molar-refractivity contribution < 1.29 is 14.4 Å². The van der Waals surface area contributed by atoms with Crippen LogP contribution in [-0.2, 0) is 20.8 Å². The van der Waals surface area contributed by atoms with E-state index in [0.717, 1.165) is 10.6 Å². The van der Waals surface area contributed by atoms with Crippen molar-refractivity contribution in [1.29, 1.82) is 0 Å². The molecular weight excluding hydrogens is 258 g/mol. The Morgan fingerprint density at radius 3 is 2.35 bits per heavy atom. The Bertz CT molecular complexity index is 476. The summed E-state index contributed by atoms with van der Waals surface area (Å²) in [4.78, 5) is 35.5. The first-order valence-electron chi connectivity index (χ1n) is 6.21. The number of carbonyl (C=O) groups excluding carboxylic acids is 3. The number of likely N-dealkylation sites (N-methyl/N-ethyl adjacent to an activating group) is 2. The normalized spacial score (nSPS) is 11.3. The molecule has 0 fully saturated rings. The highest BCUT2D eigenvalue weighted by Crippen LogP contribution is 2.08. The maximum atomic E-state index is 12.3. The number of hydrazine groups is 1. The molecule has 0 aliphatic heterocycles. The number of carbonyl (C=O) groups is 3. The zero-order chi connectivity index (χ0) is 15.1. The molecule has 6 nitrogen and oxygen atoms in total. The molecule has 1 N–H and O–H groups in total. The third-order valence-corrected chi connectivity index (χ3v) is 2.87. The summed E-state index contributed by atoms with van der Waals surface area (Å²) in [5, 5.41) is 1.11. The molecule has 0 spiro atoms. The molecule has 20 heavy (non-hydrogen) atoms. The van der Waals surface area contributed by atoms with Gasteiger partial charge in [0.15, 0.2) is 0 Å². The molecule has 0 bridgehead atoms. The molecule has 0 aliphatic rings. The van der Waals surface area contributed by atoms with Gasteiger partial charge in [-0.1, -0.05) is 30.3 Å². The van der Waals surface area contributed by atoms with Crippen LogP contribution in [0.3, 0.4) is 0 Å². The minimum absolute atomic E-state index is 0.340. The van der Waals surface area contributed by atoms with Crippen molar-refractivity contribution in [3.8, 4) is 0 Å². The van der Waals surface area contributed by atoms with Crippen molar-refractivity contribution in [3.05, 3.63) is 35.9 Å². The summed E-state index contributed by atoms with van der Waals surface area (Å²) < 4.78 is 0. The van der Waals surface area contributed by atoms with Crippen LogP contribution in [-0.4, -0.2) is 48.3 Å². The number of hydrogen-bond donors (Lipinski definition) is 1. The van der Waals surface area contributed by atoms with Gasteiger partial charge >= 0.3 is 0 Å². The summed E-state index contributed by atoms with van der Waals surface area (Å²) in [7, 11) is 3.00. The highest BCUT2D eigenvalue weighted by atomic mass is 16.2. The Morgan fingerprint density at radius 2 is 1.85 bits per heavy atom. The Balaban J connectivity index is 2.86. The maximum Gasteiger partial charge on any atom is 0.263 e. The van der Waals surface area contributed by atoms with Crippen LogP contribution in [0.1, 0.15) is 12.5 Å². The quantitative estimate of drug-likeness (QED) is 0.617. The standard InChI is InChI=1S/C14H19N3O3/c1-11(19)15-17(3)14(20)13(16(2)10-18)9-12-7-5-4-6-8-12/h4-8,10,13H,9H2,1-3H3,(H,15,19)/t13-/m1/s1. The van der Waals surface area contributed by atoms with E-state index in [9.17, 15) is 14.4 Å². The van der Waals surface area contributed by atoms with E-state index >= 15 is 0 Å². The summed E-state index contributed by atoms with van der Waals surface area (Å²) in [6.07, 6.45) is 0.992. The third-order valence-electron chi connectivity index (χ3n) is 2.87. The maximum absolute atomic E-state index is 12.3. The number of hydrogen-bond acceptors (Lipinski definition) is 3. The number of nitrogens with zero attached hydrogens (tertiary/aromatic N) is 2. The largest absolute Gasteiger partial charge is 0.336 e. The van der Waals surface area contributed by atoms with E-state index in [0.29, 0.717) is 12.8 Å². The van der Waals surface area contributed by atoms with Crippen molar-refractivity contribution in [1.82, 2.24) is 15.3 Å². The number of nitrogens with one attached hydrogen (secondary N) is 1. The highest BCUT2D eigenvalue weighted by molar-refractivity contribution is 5.86. The lowest BCUT2D eigenvalue weighted by Gasteiger charge is -2.28. The van der Waals surface area contributed by atoms with Gasteiger partial charge in [-0.3, -0.25) is 24.8 Å². The molecule has 0 aromatic heterocycles. The minimum atomic E-state index is -0.660. The van der Waals surface area contributed by atoms with Crippen molar-refractivity contribution >= 4 is 18.2 Å². The van der Waals surface area contributed by atoms with Gasteiger partial charge in [0.25, 0.3) is 5.91 Å². The van der Waals surface area contributed by atoms with Gasteiger partial charge in [-0.15, -0.1) is 0 Å². The van der Waals surface area contributed by atoms with Gasteiger partial charge in [0.05, 0.1) is 0 Å². The first kappa shape index (κ1) is 15.7. The zero-order valence-electron chi connectivity index (χ0n) is 11.9. The third kappa shape index (κ3) is 4.38. The predicted octanol–water partition coefficient (Wildman–Crippen LogP) is 0.195. The summed E-state index contributed by atoms with van der Waals surface area (Å²) in [6.45, 7) is 1.32. The first-order valence-corrected chi connectivity index (χ1v) is 6.21. The van der Waals surface area contributed by atoms with E-state index in [-0.39, 0.29) is 11.8 Å². The van der Waals surface area contributed by atoms with Crippen molar-refractivity contribution in [2.45, 2.75) is 19.4 Å². The molecular formula is C14H19N3O3. The average Bonchev–Trinajstić information content (AvgIpc) is 2.43. The number of amides is 3. The van der Waals surface area contributed by atoms with Crippen LogP contribution >= 0.6 is 0 Å². The lowest BCUT2D eigenvalue weighted by molar-refractivity contribution is -0.144. The van der Waals surface area contributed by atoms with Gasteiger partial charge < -0.3 is 4.90 Å². The molecule has 6 heteroatoms. The van der Waals surface area contributed by atoms with E-state index in [1.165, 1.54) is 18.9 Å². The summed E-state index contributed by atoms with van der Waals surface area (Å²) in [6, 6.07) is 8.73. The Hall–Kier alpha value is -2.37. The molecule has 0 radical (unpaired) electrons. The SMILES string of the molecule is CC(=O)NN(C)C(=O)[C@@H](Cc1ccccc1)N(C)C=O.